The summed E-state index contributed by atoms with van der Waals surface area (Å²) in [6, 6.07) is 0. The molecule has 2 rings (SSSR count). The highest BCUT2D eigenvalue weighted by Crippen LogP contribution is 2.32. The van der Waals surface area contributed by atoms with Crippen LogP contribution in [0.4, 0.5) is 0 Å². The number of rotatable bonds is 1. The van der Waals surface area contributed by atoms with Crippen molar-refractivity contribution in [3.63, 3.8) is 0 Å². The normalized spacial score (nSPS) is 39.3. The zero-order valence-corrected chi connectivity index (χ0v) is 9.46. The molecule has 2 aliphatic rings. The standard InChI is InChI=1S/C13H22O/c1-10-3-6-12(7-4-10)13-8-5-11(2)9-14-13/h3,11-13H,4-9H2,1-2H3. The minimum atomic E-state index is 0.565. The quantitative estimate of drug-likeness (QED) is 0.580. The topological polar surface area (TPSA) is 9.23 Å². The Morgan fingerprint density at radius 3 is 2.71 bits per heavy atom. The van der Waals surface area contributed by atoms with Crippen molar-refractivity contribution >= 4 is 0 Å². The molecule has 0 aromatic carbocycles. The molecular weight excluding hydrogens is 172 g/mol. The number of hydrogen-bond acceptors (Lipinski definition) is 1. The lowest BCUT2D eigenvalue weighted by Crippen LogP contribution is -2.31. The van der Waals surface area contributed by atoms with E-state index in [-0.39, 0.29) is 0 Å². The molecule has 1 heteroatoms. The molecule has 0 aromatic rings. The van der Waals surface area contributed by atoms with Crippen LogP contribution in [0.1, 0.15) is 46.0 Å². The van der Waals surface area contributed by atoms with E-state index in [9.17, 15) is 0 Å². The van der Waals surface area contributed by atoms with E-state index in [0.29, 0.717) is 6.10 Å². The zero-order valence-electron chi connectivity index (χ0n) is 9.46. The first kappa shape index (κ1) is 10.2. The van der Waals surface area contributed by atoms with E-state index >= 15 is 0 Å². The molecule has 3 atom stereocenters. The number of ether oxygens (including phenoxy) is 1. The molecule has 80 valence electrons. The van der Waals surface area contributed by atoms with E-state index in [4.69, 9.17) is 4.74 Å². The molecule has 0 bridgehead atoms. The van der Waals surface area contributed by atoms with Crippen LogP contribution in [0.2, 0.25) is 0 Å². The van der Waals surface area contributed by atoms with Crippen LogP contribution in [0.3, 0.4) is 0 Å². The maximum atomic E-state index is 5.94. The average molecular weight is 194 g/mol. The van der Waals surface area contributed by atoms with E-state index in [0.717, 1.165) is 18.4 Å². The minimum absolute atomic E-state index is 0.565. The Labute approximate surface area is 87.5 Å². The lowest BCUT2D eigenvalue weighted by atomic mass is 9.82. The van der Waals surface area contributed by atoms with Crippen molar-refractivity contribution < 1.29 is 4.74 Å². The Hall–Kier alpha value is -0.300. The van der Waals surface area contributed by atoms with Gasteiger partial charge in [-0.2, -0.15) is 0 Å². The third-order valence-electron chi connectivity index (χ3n) is 3.74. The Morgan fingerprint density at radius 2 is 2.14 bits per heavy atom. The van der Waals surface area contributed by atoms with Gasteiger partial charge in [-0.15, -0.1) is 0 Å². The van der Waals surface area contributed by atoms with Gasteiger partial charge in [0, 0.05) is 6.61 Å². The molecule has 0 N–H and O–H groups in total. The molecule has 0 amide bonds. The molecule has 0 aromatic heterocycles. The van der Waals surface area contributed by atoms with Gasteiger partial charge in [-0.1, -0.05) is 18.6 Å². The lowest BCUT2D eigenvalue weighted by Gasteiger charge is -2.34. The van der Waals surface area contributed by atoms with E-state index in [1.807, 2.05) is 0 Å². The van der Waals surface area contributed by atoms with Gasteiger partial charge < -0.3 is 4.74 Å². The van der Waals surface area contributed by atoms with Gasteiger partial charge in [-0.25, -0.2) is 0 Å². The van der Waals surface area contributed by atoms with Gasteiger partial charge in [0.2, 0.25) is 0 Å². The molecule has 0 radical (unpaired) electrons. The first-order valence-electron chi connectivity index (χ1n) is 6.03. The van der Waals surface area contributed by atoms with Gasteiger partial charge in [0.15, 0.2) is 0 Å². The Morgan fingerprint density at radius 1 is 1.29 bits per heavy atom. The van der Waals surface area contributed by atoms with E-state index in [2.05, 4.69) is 19.9 Å². The fourth-order valence-corrected chi connectivity index (χ4v) is 2.60. The molecule has 1 saturated heterocycles. The number of hydrogen-bond donors (Lipinski definition) is 0. The van der Waals surface area contributed by atoms with Crippen molar-refractivity contribution in [1.82, 2.24) is 0 Å². The van der Waals surface area contributed by atoms with Crippen LogP contribution in [-0.2, 0) is 4.74 Å². The predicted molar refractivity (Wildman–Crippen MR) is 59.2 cm³/mol. The highest BCUT2D eigenvalue weighted by atomic mass is 16.5. The fourth-order valence-electron chi connectivity index (χ4n) is 2.60. The molecule has 1 heterocycles. The summed E-state index contributed by atoms with van der Waals surface area (Å²) in [7, 11) is 0. The van der Waals surface area contributed by atoms with Crippen LogP contribution in [0, 0.1) is 11.8 Å². The summed E-state index contributed by atoms with van der Waals surface area (Å²) in [5, 5.41) is 0. The summed E-state index contributed by atoms with van der Waals surface area (Å²) in [5.74, 6) is 1.60. The first-order chi connectivity index (χ1) is 6.75. The van der Waals surface area contributed by atoms with Crippen molar-refractivity contribution in [2.24, 2.45) is 11.8 Å². The summed E-state index contributed by atoms with van der Waals surface area (Å²) < 4.78 is 5.94. The maximum Gasteiger partial charge on any atom is 0.0606 e. The summed E-state index contributed by atoms with van der Waals surface area (Å²) in [4.78, 5) is 0. The highest BCUT2D eigenvalue weighted by Gasteiger charge is 2.27. The van der Waals surface area contributed by atoms with Crippen LogP contribution in [0.25, 0.3) is 0 Å². The molecule has 14 heavy (non-hydrogen) atoms. The monoisotopic (exact) mass is 194 g/mol. The molecular formula is C13H22O. The van der Waals surface area contributed by atoms with Crippen LogP contribution in [0.15, 0.2) is 11.6 Å². The summed E-state index contributed by atoms with van der Waals surface area (Å²) in [5.41, 5.74) is 1.57. The average Bonchev–Trinajstić information content (AvgIpc) is 2.21. The second kappa shape index (κ2) is 4.48. The van der Waals surface area contributed by atoms with Gasteiger partial charge in [0.25, 0.3) is 0 Å². The molecule has 1 aliphatic carbocycles. The van der Waals surface area contributed by atoms with Crippen molar-refractivity contribution in [3.8, 4) is 0 Å². The number of allylic oxidation sites excluding steroid dienone is 2. The van der Waals surface area contributed by atoms with Crippen molar-refractivity contribution in [3.05, 3.63) is 11.6 Å². The van der Waals surface area contributed by atoms with Crippen LogP contribution < -0.4 is 0 Å². The van der Waals surface area contributed by atoms with Crippen LogP contribution >= 0.6 is 0 Å². The van der Waals surface area contributed by atoms with Gasteiger partial charge in [-0.05, 0) is 50.9 Å². The minimum Gasteiger partial charge on any atom is -0.378 e. The third kappa shape index (κ3) is 2.38. The van der Waals surface area contributed by atoms with E-state index < -0.39 is 0 Å². The molecule has 0 saturated carbocycles. The molecule has 3 unspecified atom stereocenters. The molecule has 1 nitrogen and oxygen atoms in total. The largest absolute Gasteiger partial charge is 0.378 e. The molecule has 0 spiro atoms. The third-order valence-corrected chi connectivity index (χ3v) is 3.74. The van der Waals surface area contributed by atoms with Crippen LogP contribution in [-0.4, -0.2) is 12.7 Å². The van der Waals surface area contributed by atoms with Gasteiger partial charge in [0.05, 0.1) is 6.10 Å². The fraction of sp³-hybridized carbons (Fsp3) is 0.846. The zero-order chi connectivity index (χ0) is 9.97. The Bertz CT molecular complexity index is 211. The summed E-state index contributed by atoms with van der Waals surface area (Å²) in [6.07, 6.45) is 9.53. The molecule has 1 fully saturated rings. The van der Waals surface area contributed by atoms with Gasteiger partial charge in [0.1, 0.15) is 0 Å². The van der Waals surface area contributed by atoms with Crippen molar-refractivity contribution in [1.29, 1.82) is 0 Å². The van der Waals surface area contributed by atoms with E-state index in [1.165, 1.54) is 32.1 Å². The predicted octanol–water partition coefficient (Wildman–Crippen LogP) is 3.55. The van der Waals surface area contributed by atoms with Gasteiger partial charge in [-0.3, -0.25) is 0 Å². The molecule has 1 aliphatic heterocycles. The Kier molecular flexibility index (Phi) is 3.27. The first-order valence-corrected chi connectivity index (χ1v) is 6.03. The second-order valence-electron chi connectivity index (χ2n) is 5.14. The summed E-state index contributed by atoms with van der Waals surface area (Å²) >= 11 is 0. The van der Waals surface area contributed by atoms with Gasteiger partial charge >= 0.3 is 0 Å². The van der Waals surface area contributed by atoms with Crippen molar-refractivity contribution in [2.75, 3.05) is 6.61 Å². The lowest BCUT2D eigenvalue weighted by molar-refractivity contribution is -0.0454. The second-order valence-corrected chi connectivity index (χ2v) is 5.14. The SMILES string of the molecule is CC1=CCC(C2CCC(C)CO2)CC1. The summed E-state index contributed by atoms with van der Waals surface area (Å²) in [6.45, 7) is 5.53. The maximum absolute atomic E-state index is 5.94. The van der Waals surface area contributed by atoms with E-state index in [1.54, 1.807) is 5.57 Å². The van der Waals surface area contributed by atoms with Crippen LogP contribution in [0.5, 0.6) is 0 Å². The Balaban J connectivity index is 1.84. The smallest absolute Gasteiger partial charge is 0.0606 e. The van der Waals surface area contributed by atoms with Crippen molar-refractivity contribution in [2.45, 2.75) is 52.1 Å². The highest BCUT2D eigenvalue weighted by molar-refractivity contribution is 5.04.